The van der Waals surface area contributed by atoms with Crippen LogP contribution < -0.4 is 5.32 Å². The summed E-state index contributed by atoms with van der Waals surface area (Å²) in [7, 11) is -4.58. The molecule has 0 saturated carbocycles. The fourth-order valence-corrected chi connectivity index (χ4v) is 6.21. The average molecular weight is 694 g/mol. The van der Waals surface area contributed by atoms with E-state index in [1.54, 1.807) is 0 Å². The first kappa shape index (κ1) is 46.5. The SMILES string of the molecule is CCCCCCCCCCCCCCCCOC(NCCOP(=O)(O)O)[C@H](CO)OC(=O)CCCCCCCCCCCCCCC. The molecule has 47 heavy (non-hydrogen) atoms. The molecule has 0 fully saturated rings. The van der Waals surface area contributed by atoms with E-state index in [1.807, 2.05) is 0 Å². The van der Waals surface area contributed by atoms with E-state index in [1.165, 1.54) is 135 Å². The van der Waals surface area contributed by atoms with Gasteiger partial charge in [-0.1, -0.05) is 174 Å². The molecule has 0 radical (unpaired) electrons. The van der Waals surface area contributed by atoms with E-state index in [-0.39, 0.29) is 19.1 Å². The molecule has 0 aliphatic rings. The fourth-order valence-electron chi connectivity index (χ4n) is 5.88. The highest BCUT2D eigenvalue weighted by atomic mass is 31.2. The second-order valence-corrected chi connectivity index (χ2v) is 14.6. The zero-order chi connectivity index (χ0) is 34.7. The summed E-state index contributed by atoms with van der Waals surface area (Å²) in [5.41, 5.74) is 0. The molecule has 0 heterocycles. The zero-order valence-electron chi connectivity index (χ0n) is 30.6. The quantitative estimate of drug-likeness (QED) is 0.0216. The van der Waals surface area contributed by atoms with Crippen LogP contribution in [0.15, 0.2) is 0 Å². The number of phosphoric acid groups is 1. The minimum Gasteiger partial charge on any atom is -0.456 e. The molecule has 0 aromatic carbocycles. The summed E-state index contributed by atoms with van der Waals surface area (Å²) >= 11 is 0. The number of aliphatic hydroxyl groups is 1. The van der Waals surface area contributed by atoms with Crippen molar-refractivity contribution in [2.24, 2.45) is 0 Å². The Morgan fingerprint density at radius 3 is 1.36 bits per heavy atom. The Morgan fingerprint density at radius 2 is 0.979 bits per heavy atom. The van der Waals surface area contributed by atoms with E-state index in [4.69, 9.17) is 19.3 Å². The number of carbonyl (C=O) groups is 1. The largest absolute Gasteiger partial charge is 0.469 e. The Bertz CT molecular complexity index is 708. The highest BCUT2D eigenvalue weighted by Gasteiger charge is 2.25. The van der Waals surface area contributed by atoms with Crippen molar-refractivity contribution in [3.63, 3.8) is 0 Å². The first-order chi connectivity index (χ1) is 22.8. The minimum atomic E-state index is -4.58. The highest BCUT2D eigenvalue weighted by molar-refractivity contribution is 7.46. The predicted octanol–water partition coefficient (Wildman–Crippen LogP) is 9.89. The summed E-state index contributed by atoms with van der Waals surface area (Å²) in [6.07, 6.45) is 32.3. The lowest BCUT2D eigenvalue weighted by Crippen LogP contribution is -2.47. The van der Waals surface area contributed by atoms with Crippen molar-refractivity contribution < 1.29 is 38.3 Å². The lowest BCUT2D eigenvalue weighted by Gasteiger charge is -2.27. The van der Waals surface area contributed by atoms with Crippen LogP contribution in [0.4, 0.5) is 0 Å². The van der Waals surface area contributed by atoms with Gasteiger partial charge in [-0.2, -0.15) is 0 Å². The van der Waals surface area contributed by atoms with Crippen LogP contribution in [0.5, 0.6) is 0 Å². The highest BCUT2D eigenvalue weighted by Crippen LogP contribution is 2.35. The molecule has 0 bridgehead atoms. The second-order valence-electron chi connectivity index (χ2n) is 13.4. The summed E-state index contributed by atoms with van der Waals surface area (Å²) in [6.45, 7) is 4.35. The zero-order valence-corrected chi connectivity index (χ0v) is 31.5. The van der Waals surface area contributed by atoms with Crippen molar-refractivity contribution in [2.45, 2.75) is 206 Å². The number of hydrogen-bond donors (Lipinski definition) is 4. The normalized spacial score (nSPS) is 13.2. The van der Waals surface area contributed by atoms with Crippen molar-refractivity contribution >= 4 is 13.8 Å². The van der Waals surface area contributed by atoms with Gasteiger partial charge in [0.25, 0.3) is 0 Å². The van der Waals surface area contributed by atoms with E-state index in [9.17, 15) is 14.5 Å². The molecule has 10 heteroatoms. The molecule has 0 aliphatic carbocycles. The van der Waals surface area contributed by atoms with Gasteiger partial charge in [-0.3, -0.25) is 14.6 Å². The van der Waals surface area contributed by atoms with Gasteiger partial charge in [-0.05, 0) is 12.8 Å². The lowest BCUT2D eigenvalue weighted by atomic mass is 10.0. The van der Waals surface area contributed by atoms with Gasteiger partial charge < -0.3 is 24.4 Å². The first-order valence-corrected chi connectivity index (χ1v) is 21.2. The Kier molecular flexibility index (Phi) is 34.9. The number of hydrogen-bond acceptors (Lipinski definition) is 7. The number of nitrogens with one attached hydrogen (secondary N) is 1. The number of phosphoric ester groups is 1. The van der Waals surface area contributed by atoms with Crippen molar-refractivity contribution in [2.75, 3.05) is 26.4 Å². The van der Waals surface area contributed by atoms with Gasteiger partial charge in [0, 0.05) is 19.6 Å². The van der Waals surface area contributed by atoms with Crippen LogP contribution in [-0.4, -0.2) is 59.6 Å². The van der Waals surface area contributed by atoms with Crippen LogP contribution in [0.2, 0.25) is 0 Å². The average Bonchev–Trinajstić information content (AvgIpc) is 3.04. The van der Waals surface area contributed by atoms with Crippen LogP contribution in [-0.2, 0) is 23.4 Å². The van der Waals surface area contributed by atoms with E-state index in [2.05, 4.69) is 23.7 Å². The summed E-state index contributed by atoms with van der Waals surface area (Å²) in [5.74, 6) is -0.370. The molecule has 0 aromatic heterocycles. The number of esters is 1. The van der Waals surface area contributed by atoms with Gasteiger partial charge in [0.2, 0.25) is 0 Å². The number of carbonyl (C=O) groups excluding carboxylic acids is 1. The van der Waals surface area contributed by atoms with Gasteiger partial charge in [-0.15, -0.1) is 0 Å². The van der Waals surface area contributed by atoms with Gasteiger partial charge in [0.1, 0.15) is 6.23 Å². The van der Waals surface area contributed by atoms with Crippen molar-refractivity contribution in [1.29, 1.82) is 0 Å². The van der Waals surface area contributed by atoms with E-state index in [0.29, 0.717) is 13.0 Å². The molecule has 1 unspecified atom stereocenters. The smallest absolute Gasteiger partial charge is 0.456 e. The maximum atomic E-state index is 12.5. The van der Waals surface area contributed by atoms with Crippen molar-refractivity contribution in [3.05, 3.63) is 0 Å². The van der Waals surface area contributed by atoms with E-state index in [0.717, 1.165) is 38.5 Å². The minimum absolute atomic E-state index is 0.0709. The van der Waals surface area contributed by atoms with Gasteiger partial charge in [-0.25, -0.2) is 4.57 Å². The van der Waals surface area contributed by atoms with Crippen LogP contribution >= 0.6 is 7.82 Å². The molecular weight excluding hydrogens is 617 g/mol. The number of ether oxygens (including phenoxy) is 2. The molecular formula is C37H76NO8P. The first-order valence-electron chi connectivity index (χ1n) is 19.7. The molecule has 4 N–H and O–H groups in total. The second kappa shape index (κ2) is 35.3. The Labute approximate surface area is 289 Å². The summed E-state index contributed by atoms with van der Waals surface area (Å²) in [5, 5.41) is 13.0. The lowest BCUT2D eigenvalue weighted by molar-refractivity contribution is -0.164. The molecule has 0 rings (SSSR count). The molecule has 2 atom stereocenters. The van der Waals surface area contributed by atoms with Gasteiger partial charge >= 0.3 is 13.8 Å². The molecule has 0 spiro atoms. The molecule has 0 saturated heterocycles. The topological polar surface area (TPSA) is 135 Å². The van der Waals surface area contributed by atoms with Crippen LogP contribution in [0, 0.1) is 0 Å². The number of aliphatic hydroxyl groups excluding tert-OH is 1. The Morgan fingerprint density at radius 1 is 0.596 bits per heavy atom. The standard InChI is InChI=1S/C37H76NO8P/c1-3-5-7-9-11-13-15-17-19-21-23-25-27-29-32-44-37(38-31-33-45-47(41,42)43)35(34-39)46-36(40)30-28-26-24-22-20-18-16-14-12-10-8-6-4-2/h35,37-39H,3-34H2,1-2H3,(H2,41,42,43)/t35-,37?/m0/s1. The number of rotatable bonds is 38. The van der Waals surface area contributed by atoms with Crippen molar-refractivity contribution in [3.8, 4) is 0 Å². The Balaban J connectivity index is 4.18. The van der Waals surface area contributed by atoms with Crippen LogP contribution in [0.1, 0.15) is 194 Å². The molecule has 0 aliphatic heterocycles. The van der Waals surface area contributed by atoms with E-state index < -0.39 is 26.8 Å². The van der Waals surface area contributed by atoms with Crippen molar-refractivity contribution in [1.82, 2.24) is 5.32 Å². The summed E-state index contributed by atoms with van der Waals surface area (Å²) in [6, 6.07) is 0. The number of unbranched alkanes of at least 4 members (excludes halogenated alkanes) is 25. The van der Waals surface area contributed by atoms with Gasteiger partial charge in [0.05, 0.1) is 13.2 Å². The third-order valence-corrected chi connectivity index (χ3v) is 9.31. The molecule has 9 nitrogen and oxygen atoms in total. The Hall–Kier alpha value is -0.540. The monoisotopic (exact) mass is 694 g/mol. The maximum absolute atomic E-state index is 12.5. The molecule has 0 amide bonds. The third-order valence-electron chi connectivity index (χ3n) is 8.79. The van der Waals surface area contributed by atoms with Gasteiger partial charge in [0.15, 0.2) is 6.10 Å². The fraction of sp³-hybridized carbons (Fsp3) is 0.973. The molecule has 282 valence electrons. The summed E-state index contributed by atoms with van der Waals surface area (Å²) in [4.78, 5) is 30.4. The summed E-state index contributed by atoms with van der Waals surface area (Å²) < 4.78 is 27.1. The van der Waals surface area contributed by atoms with Crippen LogP contribution in [0.3, 0.4) is 0 Å². The molecule has 0 aromatic rings. The van der Waals surface area contributed by atoms with E-state index >= 15 is 0 Å². The maximum Gasteiger partial charge on any atom is 0.469 e. The van der Waals surface area contributed by atoms with Crippen LogP contribution in [0.25, 0.3) is 0 Å². The third kappa shape index (κ3) is 35.1. The predicted molar refractivity (Wildman–Crippen MR) is 193 cm³/mol.